The van der Waals surface area contributed by atoms with Gasteiger partial charge in [-0.15, -0.1) is 0 Å². The highest BCUT2D eigenvalue weighted by Crippen LogP contribution is 2.14. The van der Waals surface area contributed by atoms with Crippen LogP contribution in [0.1, 0.15) is 23.2 Å². The van der Waals surface area contributed by atoms with Crippen molar-refractivity contribution in [2.75, 3.05) is 19.6 Å². The van der Waals surface area contributed by atoms with Crippen LogP contribution in [0.25, 0.3) is 16.6 Å². The number of rotatable bonds is 5. The number of amides is 2. The Morgan fingerprint density at radius 3 is 2.45 bits per heavy atom. The molecule has 0 spiro atoms. The minimum atomic E-state index is -0.567. The summed E-state index contributed by atoms with van der Waals surface area (Å²) in [5, 5.41) is 3.30. The zero-order chi connectivity index (χ0) is 22.0. The van der Waals surface area contributed by atoms with Gasteiger partial charge in [0, 0.05) is 24.7 Å². The molecule has 4 rings (SSSR count). The number of nitrogens with two attached hydrogens (primary N) is 1. The van der Waals surface area contributed by atoms with Crippen LogP contribution in [0.15, 0.2) is 58.1 Å². The summed E-state index contributed by atoms with van der Waals surface area (Å²) < 4.78 is 1.07. The molecule has 9 nitrogen and oxygen atoms in total. The molecular weight excluding hydrogens is 398 g/mol. The number of hydrogen-bond acceptors (Lipinski definition) is 5. The van der Waals surface area contributed by atoms with Gasteiger partial charge in [-0.3, -0.25) is 19.3 Å². The third-order valence-electron chi connectivity index (χ3n) is 5.48. The molecule has 0 bridgehead atoms. The van der Waals surface area contributed by atoms with Crippen molar-refractivity contribution < 1.29 is 9.59 Å². The van der Waals surface area contributed by atoms with E-state index in [-0.39, 0.29) is 24.4 Å². The van der Waals surface area contributed by atoms with E-state index in [9.17, 15) is 19.2 Å². The molecule has 0 unspecified atom stereocenters. The monoisotopic (exact) mass is 421 g/mol. The summed E-state index contributed by atoms with van der Waals surface area (Å²) in [6.45, 7) is 1.58. The largest absolute Gasteiger partial charge is 0.369 e. The van der Waals surface area contributed by atoms with Crippen molar-refractivity contribution in [1.29, 1.82) is 0 Å². The van der Waals surface area contributed by atoms with E-state index in [1.54, 1.807) is 42.5 Å². The van der Waals surface area contributed by atoms with Crippen LogP contribution in [0.3, 0.4) is 0 Å². The zero-order valence-electron chi connectivity index (χ0n) is 16.8. The van der Waals surface area contributed by atoms with Gasteiger partial charge in [0.2, 0.25) is 5.91 Å². The minimum Gasteiger partial charge on any atom is -0.369 e. The maximum atomic E-state index is 12.9. The van der Waals surface area contributed by atoms with Crippen LogP contribution in [0, 0.1) is 0 Å². The van der Waals surface area contributed by atoms with Crippen molar-refractivity contribution in [2.45, 2.75) is 18.9 Å². The van der Waals surface area contributed by atoms with Gasteiger partial charge in [-0.25, -0.2) is 9.36 Å². The Hall–Kier alpha value is -3.72. The first-order valence-corrected chi connectivity index (χ1v) is 10.1. The molecule has 4 N–H and O–H groups in total. The number of benzene rings is 2. The third kappa shape index (κ3) is 4.41. The van der Waals surface area contributed by atoms with E-state index in [0.717, 1.165) is 4.57 Å². The molecule has 1 aromatic heterocycles. The fourth-order valence-electron chi connectivity index (χ4n) is 3.90. The lowest BCUT2D eigenvalue weighted by Crippen LogP contribution is -2.46. The molecule has 0 aliphatic carbocycles. The standard InChI is InChI=1S/C22H23N5O4/c23-19(28)13-26-10-8-15(9-11-26)24-20(29)14-6-7-17-18(12-14)25-22(31)27(21(17)30)16-4-2-1-3-5-16/h1-7,12,15H,8-11,13H2,(H2,23,28)(H,24,29)(H,25,31). The second-order valence-electron chi connectivity index (χ2n) is 7.66. The van der Waals surface area contributed by atoms with Gasteiger partial charge in [-0.2, -0.15) is 0 Å². The summed E-state index contributed by atoms with van der Waals surface area (Å²) in [6.07, 6.45) is 1.43. The SMILES string of the molecule is NC(=O)CN1CCC(NC(=O)c2ccc3c(=O)n(-c4ccccc4)c(=O)[nH]c3c2)CC1. The summed E-state index contributed by atoms with van der Waals surface area (Å²) in [5.74, 6) is -0.637. The van der Waals surface area contributed by atoms with Gasteiger partial charge < -0.3 is 16.0 Å². The number of hydrogen-bond donors (Lipinski definition) is 3. The van der Waals surface area contributed by atoms with Crippen LogP contribution in [-0.2, 0) is 4.79 Å². The Kier molecular flexibility index (Phi) is 5.68. The highest BCUT2D eigenvalue weighted by molar-refractivity contribution is 5.97. The molecule has 2 amide bonds. The highest BCUT2D eigenvalue weighted by Gasteiger charge is 2.22. The van der Waals surface area contributed by atoms with Crippen LogP contribution >= 0.6 is 0 Å². The second kappa shape index (κ2) is 8.57. The van der Waals surface area contributed by atoms with Crippen molar-refractivity contribution in [1.82, 2.24) is 19.8 Å². The lowest BCUT2D eigenvalue weighted by Gasteiger charge is -2.31. The summed E-state index contributed by atoms with van der Waals surface area (Å²) in [4.78, 5) is 53.8. The van der Waals surface area contributed by atoms with Crippen molar-refractivity contribution in [3.63, 3.8) is 0 Å². The Labute approximate surface area is 177 Å². The van der Waals surface area contributed by atoms with Crippen LogP contribution in [0.4, 0.5) is 0 Å². The molecule has 1 aliphatic heterocycles. The van der Waals surface area contributed by atoms with Crippen LogP contribution in [-0.4, -0.2) is 51.9 Å². The van der Waals surface area contributed by atoms with Gasteiger partial charge >= 0.3 is 5.69 Å². The molecule has 1 fully saturated rings. The average molecular weight is 421 g/mol. The number of aromatic amines is 1. The normalized spacial score (nSPS) is 15.1. The number of nitrogens with zero attached hydrogens (tertiary/aromatic N) is 2. The van der Waals surface area contributed by atoms with E-state index in [1.165, 1.54) is 6.07 Å². The molecule has 1 saturated heterocycles. The Morgan fingerprint density at radius 1 is 1.06 bits per heavy atom. The van der Waals surface area contributed by atoms with Crippen molar-refractivity contribution in [3.8, 4) is 5.69 Å². The van der Waals surface area contributed by atoms with E-state index in [0.29, 0.717) is 48.1 Å². The quantitative estimate of drug-likeness (QED) is 0.548. The fourth-order valence-corrected chi connectivity index (χ4v) is 3.90. The molecule has 160 valence electrons. The lowest BCUT2D eigenvalue weighted by molar-refractivity contribution is -0.119. The van der Waals surface area contributed by atoms with E-state index in [4.69, 9.17) is 5.73 Å². The number of carbonyl (C=O) groups excluding carboxylic acids is 2. The molecule has 0 saturated carbocycles. The second-order valence-corrected chi connectivity index (χ2v) is 7.66. The first-order valence-electron chi connectivity index (χ1n) is 10.1. The molecular formula is C22H23N5O4. The van der Waals surface area contributed by atoms with E-state index in [1.807, 2.05) is 4.90 Å². The number of piperidine rings is 1. The average Bonchev–Trinajstić information content (AvgIpc) is 2.75. The van der Waals surface area contributed by atoms with Crippen LogP contribution < -0.4 is 22.3 Å². The topological polar surface area (TPSA) is 130 Å². The van der Waals surface area contributed by atoms with Crippen molar-refractivity contribution in [3.05, 3.63) is 74.9 Å². The number of likely N-dealkylation sites (tertiary alicyclic amines) is 1. The molecule has 1 aliphatic rings. The lowest BCUT2D eigenvalue weighted by atomic mass is 10.0. The van der Waals surface area contributed by atoms with Crippen LogP contribution in [0.5, 0.6) is 0 Å². The fraction of sp³-hybridized carbons (Fsp3) is 0.273. The predicted molar refractivity (Wildman–Crippen MR) is 116 cm³/mol. The molecule has 2 aromatic carbocycles. The number of para-hydroxylation sites is 1. The van der Waals surface area contributed by atoms with Crippen molar-refractivity contribution >= 4 is 22.7 Å². The summed E-state index contributed by atoms with van der Waals surface area (Å²) in [5.41, 5.74) is 5.36. The van der Waals surface area contributed by atoms with Crippen molar-refractivity contribution in [2.24, 2.45) is 5.73 Å². The number of aromatic nitrogens is 2. The molecule has 0 atom stereocenters. The van der Waals surface area contributed by atoms with E-state index >= 15 is 0 Å². The smallest absolute Gasteiger partial charge is 0.333 e. The Bertz CT molecular complexity index is 1240. The summed E-state index contributed by atoms with van der Waals surface area (Å²) in [6, 6.07) is 13.3. The molecule has 31 heavy (non-hydrogen) atoms. The number of H-pyrrole nitrogens is 1. The van der Waals surface area contributed by atoms with Gasteiger partial charge in [0.15, 0.2) is 0 Å². The van der Waals surface area contributed by atoms with Gasteiger partial charge in [0.25, 0.3) is 11.5 Å². The van der Waals surface area contributed by atoms with E-state index in [2.05, 4.69) is 10.3 Å². The first-order chi connectivity index (χ1) is 14.9. The van der Waals surface area contributed by atoms with Gasteiger partial charge in [0.1, 0.15) is 0 Å². The zero-order valence-corrected chi connectivity index (χ0v) is 16.8. The predicted octanol–water partition coefficient (Wildman–Crippen LogP) is 0.359. The van der Waals surface area contributed by atoms with Gasteiger partial charge in [-0.1, -0.05) is 18.2 Å². The molecule has 3 aromatic rings. The molecule has 0 radical (unpaired) electrons. The first kappa shape index (κ1) is 20.5. The number of nitrogens with one attached hydrogen (secondary N) is 2. The number of carbonyl (C=O) groups is 2. The maximum absolute atomic E-state index is 12.9. The number of fused-ring (bicyclic) bond motifs is 1. The summed E-state index contributed by atoms with van der Waals surface area (Å²) >= 11 is 0. The highest BCUT2D eigenvalue weighted by atomic mass is 16.2. The summed E-state index contributed by atoms with van der Waals surface area (Å²) in [7, 11) is 0. The third-order valence-corrected chi connectivity index (χ3v) is 5.48. The van der Waals surface area contributed by atoms with Gasteiger partial charge in [0.05, 0.1) is 23.1 Å². The maximum Gasteiger partial charge on any atom is 0.333 e. The minimum absolute atomic E-state index is 0.0162. The molecule has 2 heterocycles. The Morgan fingerprint density at radius 2 is 1.77 bits per heavy atom. The van der Waals surface area contributed by atoms with E-state index < -0.39 is 11.2 Å². The van der Waals surface area contributed by atoms with Gasteiger partial charge in [-0.05, 0) is 43.2 Å². The molecule has 9 heteroatoms. The number of primary amides is 1. The van der Waals surface area contributed by atoms with Crippen LogP contribution in [0.2, 0.25) is 0 Å². The Balaban J connectivity index is 1.53.